The molecule has 0 aromatic carbocycles. The Morgan fingerprint density at radius 3 is 0.977 bits per heavy atom. The van der Waals surface area contributed by atoms with Gasteiger partial charge in [0.15, 0.2) is 18.1 Å². The second-order valence-electron chi connectivity index (χ2n) is 13.0. The van der Waals surface area contributed by atoms with E-state index in [1.807, 2.05) is 26.8 Å². The largest absolute Gasteiger partial charge is 0.477 e. The summed E-state index contributed by atoms with van der Waals surface area (Å²) in [4.78, 5) is 37.7. The number of carboxylic acids is 3. The molecule has 0 aromatic heterocycles. The van der Waals surface area contributed by atoms with Gasteiger partial charge in [0, 0.05) is 19.3 Å². The van der Waals surface area contributed by atoms with Crippen molar-refractivity contribution in [1.82, 2.24) is 0 Å². The highest BCUT2D eigenvalue weighted by atomic mass is 16.4. The van der Waals surface area contributed by atoms with Gasteiger partial charge in [0.1, 0.15) is 0 Å². The number of quaternary nitrogens is 1. The number of carbonyl (C=O) groups is 3. The molecule has 0 saturated heterocycles. The van der Waals surface area contributed by atoms with Gasteiger partial charge in [-0.3, -0.25) is 4.48 Å². The molecule has 7 heteroatoms. The fourth-order valence-corrected chi connectivity index (χ4v) is 6.82. The van der Waals surface area contributed by atoms with Crippen molar-refractivity contribution < 1.29 is 34.2 Å². The summed E-state index contributed by atoms with van der Waals surface area (Å²) >= 11 is 0. The van der Waals surface area contributed by atoms with E-state index < -0.39 is 40.5 Å². The number of nitrogens with zero attached hydrogens (tertiary/aromatic N) is 1. The number of aliphatic carboxylic acids is 3. The Balaban J connectivity index is 4.82. The monoisotopic (exact) mass is 625 g/mol. The standard InChI is InChI=1S/C37H69NO6/c1-5-9-10-11-12-13-14-15-16-17-18-19-20-21-22-23-24-25-26-27-31-38(32(28-6-2)35(39)40,33(29-7-3)36(41)42)34(30-8-4)37(43)44/h27,31-34H,5-26,28-30H2,1-4H3,(H2-,39,40,41,42,43,44)/p+1/b31-27+. The van der Waals surface area contributed by atoms with Crippen LogP contribution in [-0.2, 0) is 14.4 Å². The molecule has 3 N–H and O–H groups in total. The van der Waals surface area contributed by atoms with E-state index in [1.54, 1.807) is 6.20 Å². The van der Waals surface area contributed by atoms with Gasteiger partial charge >= 0.3 is 17.9 Å². The minimum absolute atomic E-state index is 0.222. The lowest BCUT2D eigenvalue weighted by atomic mass is 9.93. The third kappa shape index (κ3) is 17.0. The van der Waals surface area contributed by atoms with E-state index in [0.717, 1.165) is 19.3 Å². The van der Waals surface area contributed by atoms with Gasteiger partial charge in [-0.15, -0.1) is 0 Å². The maximum Gasteiger partial charge on any atom is 0.363 e. The van der Waals surface area contributed by atoms with Crippen LogP contribution >= 0.6 is 0 Å². The van der Waals surface area contributed by atoms with Crippen LogP contribution < -0.4 is 0 Å². The quantitative estimate of drug-likeness (QED) is 0.0507. The second kappa shape index (κ2) is 27.4. The maximum absolute atomic E-state index is 12.6. The van der Waals surface area contributed by atoms with E-state index in [9.17, 15) is 29.7 Å². The molecule has 0 amide bonds. The molecule has 0 aliphatic carbocycles. The molecule has 0 spiro atoms. The number of carboxylic acid groups (broad SMARTS) is 3. The van der Waals surface area contributed by atoms with Crippen molar-refractivity contribution in [3.63, 3.8) is 0 Å². The first kappa shape index (κ1) is 42.1. The van der Waals surface area contributed by atoms with E-state index >= 15 is 0 Å². The van der Waals surface area contributed by atoms with Crippen LogP contribution in [0.5, 0.6) is 0 Å². The Hall–Kier alpha value is -1.89. The molecular weight excluding hydrogens is 554 g/mol. The molecule has 0 bridgehead atoms. The Kier molecular flexibility index (Phi) is 26.2. The maximum atomic E-state index is 12.6. The molecule has 0 saturated carbocycles. The van der Waals surface area contributed by atoms with Gasteiger partial charge in [-0.25, -0.2) is 14.4 Å². The van der Waals surface area contributed by atoms with Crippen LogP contribution in [0.1, 0.15) is 188 Å². The van der Waals surface area contributed by atoms with Crippen molar-refractivity contribution in [2.24, 2.45) is 0 Å². The van der Waals surface area contributed by atoms with Crippen LogP contribution in [0, 0.1) is 0 Å². The molecule has 258 valence electrons. The van der Waals surface area contributed by atoms with Crippen LogP contribution in [0.4, 0.5) is 0 Å². The average Bonchev–Trinajstić information content (AvgIpc) is 2.98. The first-order valence-corrected chi connectivity index (χ1v) is 18.5. The first-order chi connectivity index (χ1) is 21.2. The first-order valence-electron chi connectivity index (χ1n) is 18.5. The van der Waals surface area contributed by atoms with Crippen LogP contribution in [0.15, 0.2) is 12.3 Å². The summed E-state index contributed by atoms with van der Waals surface area (Å²) in [5.74, 6) is -3.39. The summed E-state index contributed by atoms with van der Waals surface area (Å²) in [6.07, 6.45) is 30.0. The van der Waals surface area contributed by atoms with Crippen LogP contribution in [0.3, 0.4) is 0 Å². The van der Waals surface area contributed by atoms with Crippen LogP contribution in [0.25, 0.3) is 0 Å². The van der Waals surface area contributed by atoms with Crippen molar-refractivity contribution in [3.8, 4) is 0 Å². The zero-order chi connectivity index (χ0) is 33.1. The van der Waals surface area contributed by atoms with E-state index in [4.69, 9.17) is 0 Å². The van der Waals surface area contributed by atoms with E-state index in [0.29, 0.717) is 25.7 Å². The lowest BCUT2D eigenvalue weighted by Gasteiger charge is -2.47. The smallest absolute Gasteiger partial charge is 0.363 e. The third-order valence-electron chi connectivity index (χ3n) is 9.25. The van der Waals surface area contributed by atoms with Crippen molar-refractivity contribution in [1.29, 1.82) is 0 Å². The van der Waals surface area contributed by atoms with Crippen LogP contribution in [0.2, 0.25) is 0 Å². The Labute approximate surface area is 270 Å². The molecule has 0 fully saturated rings. The molecule has 0 aliphatic rings. The SMILES string of the molecule is CCCCCCCCCCCCCCCCCCCC/C=C/[N+](C(CCC)C(=O)O)(C(CCC)C(=O)O)C(CCC)C(=O)O. The molecule has 0 aromatic rings. The lowest BCUT2D eigenvalue weighted by molar-refractivity contribution is -0.928. The zero-order valence-electron chi connectivity index (χ0n) is 29.1. The predicted octanol–water partition coefficient (Wildman–Crippen LogP) is 10.5. The Bertz CT molecular complexity index is 707. The van der Waals surface area contributed by atoms with Gasteiger partial charge in [-0.05, 0) is 38.2 Å². The van der Waals surface area contributed by atoms with Gasteiger partial charge in [0.2, 0.25) is 0 Å². The van der Waals surface area contributed by atoms with Gasteiger partial charge < -0.3 is 15.3 Å². The summed E-state index contributed by atoms with van der Waals surface area (Å²) in [6, 6.07) is -3.38. The van der Waals surface area contributed by atoms with Crippen molar-refractivity contribution in [3.05, 3.63) is 12.3 Å². The summed E-state index contributed by atoms with van der Waals surface area (Å²) in [5, 5.41) is 30.8. The van der Waals surface area contributed by atoms with Gasteiger partial charge in [0.25, 0.3) is 0 Å². The molecule has 7 nitrogen and oxygen atoms in total. The number of allylic oxidation sites excluding steroid dienone is 1. The topological polar surface area (TPSA) is 112 Å². The highest BCUT2D eigenvalue weighted by molar-refractivity contribution is 5.78. The number of hydrogen-bond acceptors (Lipinski definition) is 3. The number of unbranched alkanes of at least 4 members (excludes halogenated alkanes) is 18. The molecule has 0 heterocycles. The van der Waals surface area contributed by atoms with Gasteiger partial charge in [-0.2, -0.15) is 0 Å². The molecule has 0 radical (unpaired) electrons. The molecule has 3 atom stereocenters. The summed E-state index contributed by atoms with van der Waals surface area (Å²) in [5.41, 5.74) is 0. The number of hydrogen-bond donors (Lipinski definition) is 3. The fourth-order valence-electron chi connectivity index (χ4n) is 6.82. The van der Waals surface area contributed by atoms with Gasteiger partial charge in [0.05, 0.1) is 6.20 Å². The predicted molar refractivity (Wildman–Crippen MR) is 182 cm³/mol. The molecular formula is C37H70NO6+. The summed E-state index contributed by atoms with van der Waals surface area (Å²) in [6.45, 7) is 7.84. The van der Waals surface area contributed by atoms with E-state index in [2.05, 4.69) is 6.92 Å². The number of rotatable bonds is 32. The fraction of sp³-hybridized carbons (Fsp3) is 0.865. The average molecular weight is 625 g/mol. The zero-order valence-corrected chi connectivity index (χ0v) is 29.1. The highest BCUT2D eigenvalue weighted by Gasteiger charge is 2.56. The molecule has 44 heavy (non-hydrogen) atoms. The van der Waals surface area contributed by atoms with Crippen LogP contribution in [-0.4, -0.2) is 55.8 Å². The normalized spacial score (nSPS) is 15.2. The minimum Gasteiger partial charge on any atom is -0.477 e. The van der Waals surface area contributed by atoms with Crippen molar-refractivity contribution in [2.75, 3.05) is 0 Å². The molecule has 0 rings (SSSR count). The van der Waals surface area contributed by atoms with E-state index in [-0.39, 0.29) is 19.3 Å². The Morgan fingerprint density at radius 2 is 0.727 bits per heavy atom. The highest BCUT2D eigenvalue weighted by Crippen LogP contribution is 2.34. The molecule has 0 aliphatic heterocycles. The third-order valence-corrected chi connectivity index (χ3v) is 9.25. The summed E-state index contributed by atoms with van der Waals surface area (Å²) in [7, 11) is 0. The minimum atomic E-state index is -1.13. The summed E-state index contributed by atoms with van der Waals surface area (Å²) < 4.78 is -0.547. The van der Waals surface area contributed by atoms with Crippen molar-refractivity contribution >= 4 is 17.9 Å². The Morgan fingerprint density at radius 1 is 0.455 bits per heavy atom. The van der Waals surface area contributed by atoms with Gasteiger partial charge in [-0.1, -0.05) is 137 Å². The molecule has 3 unspecified atom stereocenters. The lowest BCUT2D eigenvalue weighted by Crippen LogP contribution is -2.69. The van der Waals surface area contributed by atoms with E-state index in [1.165, 1.54) is 96.3 Å². The second-order valence-corrected chi connectivity index (χ2v) is 13.0. The van der Waals surface area contributed by atoms with Crippen molar-refractivity contribution in [2.45, 2.75) is 206 Å².